The number of benzene rings is 3. The van der Waals surface area contributed by atoms with Crippen LogP contribution < -0.4 is 4.74 Å². The first-order valence-corrected chi connectivity index (χ1v) is 9.81. The van der Waals surface area contributed by atoms with Crippen LogP contribution in [0.2, 0.25) is 0 Å². The summed E-state index contributed by atoms with van der Waals surface area (Å²) in [5, 5.41) is 0. The van der Waals surface area contributed by atoms with Crippen molar-refractivity contribution in [2.24, 2.45) is 0 Å². The smallest absolute Gasteiger partial charge is 0.236 e. The fraction of sp³-hybridized carbons (Fsp3) is 0.240. The van der Waals surface area contributed by atoms with E-state index in [2.05, 4.69) is 29.2 Å². The summed E-state index contributed by atoms with van der Waals surface area (Å²) >= 11 is 0. The van der Waals surface area contributed by atoms with E-state index in [0.29, 0.717) is 13.1 Å². The zero-order valence-electron chi connectivity index (χ0n) is 17.1. The normalized spacial score (nSPS) is 10.7. The lowest BCUT2D eigenvalue weighted by atomic mass is 10.1. The second-order valence-electron chi connectivity index (χ2n) is 7.21. The Bertz CT molecular complexity index is 838. The number of likely N-dealkylation sites (N-methyl/N-ethyl adjacent to an activating group) is 1. The van der Waals surface area contributed by atoms with Gasteiger partial charge in [0.1, 0.15) is 5.75 Å². The van der Waals surface area contributed by atoms with Gasteiger partial charge in [-0.25, -0.2) is 0 Å². The van der Waals surface area contributed by atoms with E-state index in [1.165, 1.54) is 11.1 Å². The van der Waals surface area contributed by atoms with Gasteiger partial charge in [0, 0.05) is 26.7 Å². The highest BCUT2D eigenvalue weighted by Crippen LogP contribution is 2.14. The summed E-state index contributed by atoms with van der Waals surface area (Å²) in [5.41, 5.74) is 3.49. The van der Waals surface area contributed by atoms with Gasteiger partial charge >= 0.3 is 0 Å². The van der Waals surface area contributed by atoms with Crippen molar-refractivity contribution in [1.82, 2.24) is 9.80 Å². The molecule has 0 aliphatic rings. The largest absolute Gasteiger partial charge is 0.497 e. The second kappa shape index (κ2) is 10.4. The Balaban J connectivity index is 1.65. The van der Waals surface area contributed by atoms with Crippen molar-refractivity contribution in [1.29, 1.82) is 0 Å². The van der Waals surface area contributed by atoms with E-state index in [-0.39, 0.29) is 5.91 Å². The number of hydrogen-bond acceptors (Lipinski definition) is 3. The molecule has 0 saturated carbocycles. The SMILES string of the molecule is COc1ccc(CN(C)C(=O)CN(Cc2ccccc2)Cc2ccccc2)cc1. The molecule has 0 aliphatic heterocycles. The Morgan fingerprint density at radius 1 is 0.724 bits per heavy atom. The molecule has 0 bridgehead atoms. The first kappa shape index (κ1) is 20.6. The van der Waals surface area contributed by atoms with Crippen molar-refractivity contribution in [3.63, 3.8) is 0 Å². The van der Waals surface area contributed by atoms with Crippen LogP contribution >= 0.6 is 0 Å². The summed E-state index contributed by atoms with van der Waals surface area (Å²) in [4.78, 5) is 16.9. The zero-order chi connectivity index (χ0) is 20.5. The molecule has 0 spiro atoms. The Morgan fingerprint density at radius 2 is 1.21 bits per heavy atom. The van der Waals surface area contributed by atoms with Gasteiger partial charge in [-0.2, -0.15) is 0 Å². The molecule has 0 N–H and O–H groups in total. The predicted octanol–water partition coefficient (Wildman–Crippen LogP) is 4.36. The summed E-state index contributed by atoms with van der Waals surface area (Å²) < 4.78 is 5.20. The van der Waals surface area contributed by atoms with Crippen LogP contribution in [0.4, 0.5) is 0 Å². The van der Waals surface area contributed by atoms with E-state index in [9.17, 15) is 4.79 Å². The minimum atomic E-state index is 0.104. The van der Waals surface area contributed by atoms with Crippen LogP contribution in [0.3, 0.4) is 0 Å². The summed E-state index contributed by atoms with van der Waals surface area (Å²) in [5.74, 6) is 0.923. The van der Waals surface area contributed by atoms with Gasteiger partial charge < -0.3 is 9.64 Å². The Labute approximate surface area is 173 Å². The molecule has 4 nitrogen and oxygen atoms in total. The van der Waals surface area contributed by atoms with Gasteiger partial charge in [0.15, 0.2) is 0 Å². The lowest BCUT2D eigenvalue weighted by molar-refractivity contribution is -0.131. The van der Waals surface area contributed by atoms with Gasteiger partial charge in [-0.1, -0.05) is 72.8 Å². The quantitative estimate of drug-likeness (QED) is 0.546. The Kier molecular flexibility index (Phi) is 7.42. The summed E-state index contributed by atoms with van der Waals surface area (Å²) in [6, 6.07) is 28.4. The van der Waals surface area contributed by atoms with Gasteiger partial charge in [-0.05, 0) is 28.8 Å². The van der Waals surface area contributed by atoms with E-state index in [0.717, 1.165) is 24.4 Å². The third-order valence-electron chi connectivity index (χ3n) is 4.86. The van der Waals surface area contributed by atoms with E-state index in [1.807, 2.05) is 67.7 Å². The molecule has 0 fully saturated rings. The molecule has 4 heteroatoms. The number of carbonyl (C=O) groups is 1. The Morgan fingerprint density at radius 3 is 1.69 bits per heavy atom. The predicted molar refractivity (Wildman–Crippen MR) is 116 cm³/mol. The maximum Gasteiger partial charge on any atom is 0.236 e. The molecule has 3 aromatic carbocycles. The fourth-order valence-electron chi connectivity index (χ4n) is 3.26. The van der Waals surface area contributed by atoms with Crippen LogP contribution in [0, 0.1) is 0 Å². The molecular weight excluding hydrogens is 360 g/mol. The Hall–Kier alpha value is -3.11. The van der Waals surface area contributed by atoms with Gasteiger partial charge in [0.25, 0.3) is 0 Å². The maximum atomic E-state index is 12.9. The van der Waals surface area contributed by atoms with Crippen molar-refractivity contribution >= 4 is 5.91 Å². The first-order valence-electron chi connectivity index (χ1n) is 9.81. The number of rotatable bonds is 9. The minimum absolute atomic E-state index is 0.104. The lowest BCUT2D eigenvalue weighted by Gasteiger charge is -2.25. The molecular formula is C25H28N2O2. The van der Waals surface area contributed by atoms with Crippen molar-refractivity contribution in [3.8, 4) is 5.75 Å². The number of methoxy groups -OCH3 is 1. The van der Waals surface area contributed by atoms with Gasteiger partial charge in [0.2, 0.25) is 5.91 Å². The molecule has 0 saturated heterocycles. The highest BCUT2D eigenvalue weighted by Gasteiger charge is 2.16. The lowest BCUT2D eigenvalue weighted by Crippen LogP contribution is -2.37. The summed E-state index contributed by atoms with van der Waals surface area (Å²) in [6.45, 7) is 2.42. The third kappa shape index (κ3) is 6.47. The van der Waals surface area contributed by atoms with Crippen LogP contribution in [0.25, 0.3) is 0 Å². The monoisotopic (exact) mass is 388 g/mol. The number of carbonyl (C=O) groups excluding carboxylic acids is 1. The standard InChI is InChI=1S/C25H28N2O2/c1-26(17-23-13-15-24(29-2)16-14-23)25(28)20-27(18-21-9-5-3-6-10-21)19-22-11-7-4-8-12-22/h3-16H,17-20H2,1-2H3. The van der Waals surface area contributed by atoms with E-state index in [1.54, 1.807) is 12.0 Å². The topological polar surface area (TPSA) is 32.8 Å². The molecule has 150 valence electrons. The number of ether oxygens (including phenoxy) is 1. The second-order valence-corrected chi connectivity index (χ2v) is 7.21. The average Bonchev–Trinajstić information content (AvgIpc) is 2.75. The maximum absolute atomic E-state index is 12.9. The molecule has 3 aromatic rings. The van der Waals surface area contributed by atoms with E-state index in [4.69, 9.17) is 4.74 Å². The molecule has 0 aliphatic carbocycles. The molecule has 0 radical (unpaired) electrons. The highest BCUT2D eigenvalue weighted by atomic mass is 16.5. The van der Waals surface area contributed by atoms with E-state index < -0.39 is 0 Å². The minimum Gasteiger partial charge on any atom is -0.497 e. The van der Waals surface area contributed by atoms with Crippen LogP contribution in [0.5, 0.6) is 5.75 Å². The summed E-state index contributed by atoms with van der Waals surface area (Å²) in [6.07, 6.45) is 0. The van der Waals surface area contributed by atoms with Crippen LogP contribution in [-0.4, -0.2) is 36.4 Å². The van der Waals surface area contributed by atoms with Gasteiger partial charge in [0.05, 0.1) is 13.7 Å². The molecule has 0 unspecified atom stereocenters. The molecule has 0 aromatic heterocycles. The van der Waals surface area contributed by atoms with Gasteiger partial charge in [-0.15, -0.1) is 0 Å². The fourth-order valence-corrected chi connectivity index (χ4v) is 3.26. The van der Waals surface area contributed by atoms with Crippen LogP contribution in [-0.2, 0) is 24.4 Å². The van der Waals surface area contributed by atoms with Crippen LogP contribution in [0.1, 0.15) is 16.7 Å². The average molecular weight is 389 g/mol. The van der Waals surface area contributed by atoms with Crippen molar-refractivity contribution < 1.29 is 9.53 Å². The molecule has 1 amide bonds. The molecule has 3 rings (SSSR count). The van der Waals surface area contributed by atoms with Crippen molar-refractivity contribution in [3.05, 3.63) is 102 Å². The molecule has 0 atom stereocenters. The van der Waals surface area contributed by atoms with Gasteiger partial charge in [-0.3, -0.25) is 9.69 Å². The summed E-state index contributed by atoms with van der Waals surface area (Å²) in [7, 11) is 3.51. The van der Waals surface area contributed by atoms with Crippen molar-refractivity contribution in [2.75, 3.05) is 20.7 Å². The van der Waals surface area contributed by atoms with E-state index >= 15 is 0 Å². The molecule has 29 heavy (non-hydrogen) atoms. The number of amides is 1. The van der Waals surface area contributed by atoms with Crippen LogP contribution in [0.15, 0.2) is 84.9 Å². The highest BCUT2D eigenvalue weighted by molar-refractivity contribution is 5.78. The molecule has 0 heterocycles. The zero-order valence-corrected chi connectivity index (χ0v) is 17.1. The van der Waals surface area contributed by atoms with Crippen molar-refractivity contribution in [2.45, 2.75) is 19.6 Å². The number of nitrogens with zero attached hydrogens (tertiary/aromatic N) is 2. The third-order valence-corrected chi connectivity index (χ3v) is 4.86. The number of hydrogen-bond donors (Lipinski definition) is 0. The first-order chi connectivity index (χ1) is 14.1.